The standard InChI is InChI=1S/C15H18N2O2/c1-12(18)16-14(11-13-7-3-2-4-8-13)15(19)17-9-5-6-10-17/h2-4,7-8,11H,5-6,9-10H2,1H3,(H,16,18). The Hall–Kier alpha value is -2.10. The first-order valence-corrected chi connectivity index (χ1v) is 6.50. The van der Waals surface area contributed by atoms with Crippen LogP contribution in [0.15, 0.2) is 36.0 Å². The van der Waals surface area contributed by atoms with Gasteiger partial charge in [-0.2, -0.15) is 0 Å². The number of benzene rings is 1. The molecule has 1 aromatic rings. The molecule has 0 radical (unpaired) electrons. The molecule has 1 heterocycles. The number of hydrogen-bond acceptors (Lipinski definition) is 2. The van der Waals surface area contributed by atoms with Gasteiger partial charge in [-0.05, 0) is 24.5 Å². The molecule has 0 bridgehead atoms. The molecule has 1 aliphatic rings. The predicted molar refractivity (Wildman–Crippen MR) is 74.0 cm³/mol. The Morgan fingerprint density at radius 2 is 1.79 bits per heavy atom. The molecule has 0 atom stereocenters. The van der Waals surface area contributed by atoms with Crippen LogP contribution in [0, 0.1) is 0 Å². The van der Waals surface area contributed by atoms with E-state index in [0.717, 1.165) is 31.5 Å². The lowest BCUT2D eigenvalue weighted by molar-refractivity contribution is -0.128. The van der Waals surface area contributed by atoms with Crippen molar-refractivity contribution in [3.05, 3.63) is 41.6 Å². The van der Waals surface area contributed by atoms with Crippen molar-refractivity contribution in [2.75, 3.05) is 13.1 Å². The smallest absolute Gasteiger partial charge is 0.270 e. The molecule has 1 aliphatic heterocycles. The Labute approximate surface area is 113 Å². The van der Waals surface area contributed by atoms with E-state index in [0.29, 0.717) is 5.70 Å². The zero-order valence-corrected chi connectivity index (χ0v) is 11.1. The Bertz CT molecular complexity index is 488. The average Bonchev–Trinajstić information content (AvgIpc) is 2.91. The molecule has 4 nitrogen and oxygen atoms in total. The highest BCUT2D eigenvalue weighted by Crippen LogP contribution is 2.13. The van der Waals surface area contributed by atoms with Crippen LogP contribution in [0.25, 0.3) is 6.08 Å². The van der Waals surface area contributed by atoms with E-state index in [9.17, 15) is 9.59 Å². The third-order valence-corrected chi connectivity index (χ3v) is 3.04. The normalized spacial score (nSPS) is 15.4. The van der Waals surface area contributed by atoms with Gasteiger partial charge in [0.15, 0.2) is 0 Å². The highest BCUT2D eigenvalue weighted by molar-refractivity contribution is 6.01. The molecule has 0 unspecified atom stereocenters. The number of nitrogens with one attached hydrogen (secondary N) is 1. The van der Waals surface area contributed by atoms with E-state index in [-0.39, 0.29) is 11.8 Å². The highest BCUT2D eigenvalue weighted by Gasteiger charge is 2.22. The van der Waals surface area contributed by atoms with E-state index in [1.54, 1.807) is 11.0 Å². The van der Waals surface area contributed by atoms with Crippen LogP contribution in [-0.4, -0.2) is 29.8 Å². The first-order valence-electron chi connectivity index (χ1n) is 6.50. The van der Waals surface area contributed by atoms with Gasteiger partial charge in [-0.1, -0.05) is 30.3 Å². The van der Waals surface area contributed by atoms with Crippen LogP contribution in [0.4, 0.5) is 0 Å². The fourth-order valence-electron chi connectivity index (χ4n) is 2.15. The molecule has 1 aromatic carbocycles. The van der Waals surface area contributed by atoms with Crippen molar-refractivity contribution in [2.24, 2.45) is 0 Å². The van der Waals surface area contributed by atoms with Gasteiger partial charge in [-0.3, -0.25) is 9.59 Å². The monoisotopic (exact) mass is 258 g/mol. The van der Waals surface area contributed by atoms with E-state index in [4.69, 9.17) is 0 Å². The van der Waals surface area contributed by atoms with E-state index in [1.165, 1.54) is 6.92 Å². The van der Waals surface area contributed by atoms with Crippen molar-refractivity contribution in [3.63, 3.8) is 0 Å². The second kappa shape index (κ2) is 6.18. The molecule has 19 heavy (non-hydrogen) atoms. The zero-order chi connectivity index (χ0) is 13.7. The van der Waals surface area contributed by atoms with Crippen LogP contribution in [-0.2, 0) is 9.59 Å². The van der Waals surface area contributed by atoms with Crippen molar-refractivity contribution in [2.45, 2.75) is 19.8 Å². The zero-order valence-electron chi connectivity index (χ0n) is 11.1. The van der Waals surface area contributed by atoms with Gasteiger partial charge in [0.25, 0.3) is 5.91 Å². The molecular formula is C15H18N2O2. The van der Waals surface area contributed by atoms with Gasteiger partial charge in [-0.25, -0.2) is 0 Å². The van der Waals surface area contributed by atoms with Crippen LogP contribution in [0.2, 0.25) is 0 Å². The van der Waals surface area contributed by atoms with Crippen LogP contribution < -0.4 is 5.32 Å². The topological polar surface area (TPSA) is 49.4 Å². The summed E-state index contributed by atoms with van der Waals surface area (Å²) in [6.45, 7) is 2.95. The van der Waals surface area contributed by atoms with Gasteiger partial charge < -0.3 is 10.2 Å². The Morgan fingerprint density at radius 3 is 2.37 bits per heavy atom. The van der Waals surface area contributed by atoms with E-state index >= 15 is 0 Å². The van der Waals surface area contributed by atoms with Gasteiger partial charge in [0.05, 0.1) is 0 Å². The third-order valence-electron chi connectivity index (χ3n) is 3.04. The predicted octanol–water partition coefficient (Wildman–Crippen LogP) is 1.79. The van der Waals surface area contributed by atoms with Crippen molar-refractivity contribution >= 4 is 17.9 Å². The number of carbonyl (C=O) groups excluding carboxylic acids is 2. The van der Waals surface area contributed by atoms with Crippen LogP contribution in [0.3, 0.4) is 0 Å². The van der Waals surface area contributed by atoms with E-state index < -0.39 is 0 Å². The highest BCUT2D eigenvalue weighted by atomic mass is 16.2. The van der Waals surface area contributed by atoms with Gasteiger partial charge in [0.1, 0.15) is 5.70 Å². The van der Waals surface area contributed by atoms with Crippen LogP contribution >= 0.6 is 0 Å². The molecule has 0 spiro atoms. The SMILES string of the molecule is CC(=O)NC(=Cc1ccccc1)C(=O)N1CCCC1. The molecule has 2 amide bonds. The number of rotatable bonds is 3. The fraction of sp³-hybridized carbons (Fsp3) is 0.333. The Morgan fingerprint density at radius 1 is 1.16 bits per heavy atom. The van der Waals surface area contributed by atoms with Gasteiger partial charge >= 0.3 is 0 Å². The molecule has 1 saturated heterocycles. The van der Waals surface area contributed by atoms with Crippen LogP contribution in [0.5, 0.6) is 0 Å². The summed E-state index contributed by atoms with van der Waals surface area (Å²) in [7, 11) is 0. The van der Waals surface area contributed by atoms with Crippen molar-refractivity contribution in [3.8, 4) is 0 Å². The summed E-state index contributed by atoms with van der Waals surface area (Å²) >= 11 is 0. The number of hydrogen-bond donors (Lipinski definition) is 1. The van der Waals surface area contributed by atoms with E-state index in [2.05, 4.69) is 5.32 Å². The van der Waals surface area contributed by atoms with Gasteiger partial charge in [0, 0.05) is 20.0 Å². The lowest BCUT2D eigenvalue weighted by Gasteiger charge is -2.17. The molecule has 1 fully saturated rings. The molecule has 1 N–H and O–H groups in total. The minimum Gasteiger partial charge on any atom is -0.337 e. The molecule has 100 valence electrons. The lowest BCUT2D eigenvalue weighted by atomic mass is 10.2. The number of likely N-dealkylation sites (tertiary alicyclic amines) is 1. The van der Waals surface area contributed by atoms with Gasteiger partial charge in [0.2, 0.25) is 5.91 Å². The minimum absolute atomic E-state index is 0.100. The lowest BCUT2D eigenvalue weighted by Crippen LogP contribution is -2.35. The van der Waals surface area contributed by atoms with Crippen molar-refractivity contribution in [1.82, 2.24) is 10.2 Å². The minimum atomic E-state index is -0.227. The summed E-state index contributed by atoms with van der Waals surface area (Å²) < 4.78 is 0. The molecule has 2 rings (SSSR count). The Kier molecular flexibility index (Phi) is 4.34. The molecule has 0 aliphatic carbocycles. The Balaban J connectivity index is 2.22. The average molecular weight is 258 g/mol. The first-order chi connectivity index (χ1) is 9.16. The quantitative estimate of drug-likeness (QED) is 0.840. The summed E-state index contributed by atoms with van der Waals surface area (Å²) in [6, 6.07) is 9.52. The van der Waals surface area contributed by atoms with Crippen molar-refractivity contribution < 1.29 is 9.59 Å². The molecule has 0 saturated carbocycles. The summed E-state index contributed by atoms with van der Waals surface area (Å²) in [5, 5.41) is 2.64. The summed E-state index contributed by atoms with van der Waals surface area (Å²) in [5.74, 6) is -0.328. The van der Waals surface area contributed by atoms with Gasteiger partial charge in [-0.15, -0.1) is 0 Å². The first kappa shape index (κ1) is 13.3. The number of nitrogens with zero attached hydrogens (tertiary/aromatic N) is 1. The molecule has 4 heteroatoms. The largest absolute Gasteiger partial charge is 0.337 e. The maximum atomic E-state index is 12.3. The summed E-state index contributed by atoms with van der Waals surface area (Å²) in [5.41, 5.74) is 1.25. The number of carbonyl (C=O) groups is 2. The van der Waals surface area contributed by atoms with Crippen LogP contribution in [0.1, 0.15) is 25.3 Å². The summed E-state index contributed by atoms with van der Waals surface area (Å²) in [6.07, 6.45) is 3.79. The second-order valence-corrected chi connectivity index (χ2v) is 4.65. The fourth-order valence-corrected chi connectivity index (χ4v) is 2.15. The number of amides is 2. The summed E-state index contributed by atoms with van der Waals surface area (Å²) in [4.78, 5) is 25.4. The van der Waals surface area contributed by atoms with E-state index in [1.807, 2.05) is 30.3 Å². The maximum absolute atomic E-state index is 12.3. The maximum Gasteiger partial charge on any atom is 0.270 e. The molecule has 0 aromatic heterocycles. The second-order valence-electron chi connectivity index (χ2n) is 4.65. The third kappa shape index (κ3) is 3.68. The van der Waals surface area contributed by atoms with Crippen molar-refractivity contribution in [1.29, 1.82) is 0 Å². The molecular weight excluding hydrogens is 240 g/mol.